The zero-order valence-electron chi connectivity index (χ0n) is 24.0. The lowest BCUT2D eigenvalue weighted by molar-refractivity contribution is -0.143. The van der Waals surface area contributed by atoms with Gasteiger partial charge in [-0.25, -0.2) is 0 Å². The predicted octanol–water partition coefficient (Wildman–Crippen LogP) is 5.50. The molecule has 7 nitrogen and oxygen atoms in total. The Kier molecular flexibility index (Phi) is 15.1. The maximum atomic E-state index is 10.8. The van der Waals surface area contributed by atoms with Crippen molar-refractivity contribution < 1.29 is 24.5 Å². The fourth-order valence-corrected chi connectivity index (χ4v) is 4.39. The van der Waals surface area contributed by atoms with Crippen molar-refractivity contribution in [2.24, 2.45) is 10.9 Å². The summed E-state index contributed by atoms with van der Waals surface area (Å²) in [4.78, 5) is 16.9. The highest BCUT2D eigenvalue weighted by atomic mass is 16.5. The lowest BCUT2D eigenvalue weighted by atomic mass is 9.98. The van der Waals surface area contributed by atoms with Gasteiger partial charge < -0.3 is 24.6 Å². The summed E-state index contributed by atoms with van der Waals surface area (Å²) >= 11 is 0. The van der Waals surface area contributed by atoms with E-state index >= 15 is 0 Å². The Labute approximate surface area is 234 Å². The number of carboxylic acid groups (broad SMARTS) is 1. The fourth-order valence-electron chi connectivity index (χ4n) is 4.39. The smallest absolute Gasteiger partial charge is 0.310 e. The van der Waals surface area contributed by atoms with Gasteiger partial charge in [0.2, 0.25) is 5.90 Å². The molecule has 0 saturated heterocycles. The first-order chi connectivity index (χ1) is 18.8. The number of aliphatic imine (C=N–C) groups is 1. The van der Waals surface area contributed by atoms with Crippen LogP contribution in [0.4, 0.5) is 0 Å². The Morgan fingerprint density at radius 1 is 1.13 bits per heavy atom. The minimum atomic E-state index is -0.945. The van der Waals surface area contributed by atoms with Gasteiger partial charge in [-0.05, 0) is 63.9 Å². The molecule has 0 aromatic heterocycles. The van der Waals surface area contributed by atoms with Gasteiger partial charge in [0.15, 0.2) is 0 Å². The van der Waals surface area contributed by atoms with E-state index in [1.807, 2.05) is 55.3 Å². The van der Waals surface area contributed by atoms with Crippen molar-refractivity contribution in [3.63, 3.8) is 0 Å². The number of allylic oxidation sites excluding steroid dienone is 1. The normalized spacial score (nSPS) is 15.4. The number of hydrogen-bond donors (Lipinski definition) is 2. The summed E-state index contributed by atoms with van der Waals surface area (Å²) in [5, 5.41) is 17.7. The second kappa shape index (κ2) is 18.3. The van der Waals surface area contributed by atoms with Crippen LogP contribution in [-0.2, 0) is 20.7 Å². The third-order valence-electron chi connectivity index (χ3n) is 6.71. The summed E-state index contributed by atoms with van der Waals surface area (Å²) in [5.74, 6) is -0.164. The number of hydrogen-bond acceptors (Lipinski definition) is 6. The van der Waals surface area contributed by atoms with Gasteiger partial charge in [-0.1, -0.05) is 67.3 Å². The average Bonchev–Trinajstić information content (AvgIpc) is 2.95. The molecule has 2 N–H and O–H groups in total. The number of aliphatic hydroxyl groups excluding tert-OH is 1. The lowest BCUT2D eigenvalue weighted by Gasteiger charge is -2.21. The monoisotopic (exact) mass is 538 g/mol. The van der Waals surface area contributed by atoms with E-state index in [0.29, 0.717) is 25.2 Å². The quantitative estimate of drug-likeness (QED) is 0.211. The van der Waals surface area contributed by atoms with Gasteiger partial charge in [0.1, 0.15) is 5.76 Å². The van der Waals surface area contributed by atoms with E-state index in [4.69, 9.17) is 19.7 Å². The van der Waals surface area contributed by atoms with Gasteiger partial charge >= 0.3 is 5.97 Å². The second-order valence-electron chi connectivity index (χ2n) is 10.1. The molecule has 0 bridgehead atoms. The Morgan fingerprint density at radius 2 is 1.85 bits per heavy atom. The van der Waals surface area contributed by atoms with Gasteiger partial charge in [-0.3, -0.25) is 9.79 Å². The van der Waals surface area contributed by atoms with E-state index in [0.717, 1.165) is 24.3 Å². The highest BCUT2D eigenvalue weighted by Crippen LogP contribution is 2.20. The van der Waals surface area contributed by atoms with E-state index in [2.05, 4.69) is 36.2 Å². The van der Waals surface area contributed by atoms with Crippen LogP contribution in [0.1, 0.15) is 55.7 Å². The molecular weight excluding hydrogens is 492 g/mol. The van der Waals surface area contributed by atoms with Crippen LogP contribution in [0, 0.1) is 12.8 Å². The molecule has 1 saturated carbocycles. The second-order valence-corrected chi connectivity index (χ2v) is 10.1. The number of nitrogens with zero attached hydrogens (tertiary/aromatic N) is 2. The number of carboxylic acids is 1. The van der Waals surface area contributed by atoms with Gasteiger partial charge in [0.05, 0.1) is 25.2 Å². The number of ether oxygens (including phenoxy) is 2. The molecule has 0 aliphatic heterocycles. The zero-order chi connectivity index (χ0) is 28.5. The van der Waals surface area contributed by atoms with E-state index < -0.39 is 11.9 Å². The molecule has 1 unspecified atom stereocenters. The average molecular weight is 539 g/mol. The highest BCUT2D eigenvalue weighted by molar-refractivity contribution is 5.94. The SMILES string of the molecule is CN(CCc1ccccc1)CC(CO)C(=O)O.CN=C(O/C(C)=C/COC1CCCCC1)c1cccc(C)c1. The van der Waals surface area contributed by atoms with E-state index in [9.17, 15) is 4.79 Å². The minimum absolute atomic E-state index is 0.314. The van der Waals surface area contributed by atoms with Crippen molar-refractivity contribution in [3.05, 3.63) is 83.1 Å². The van der Waals surface area contributed by atoms with E-state index in [-0.39, 0.29) is 6.61 Å². The number of likely N-dealkylation sites (N-methyl/N-ethyl adjacent to an activating group) is 1. The van der Waals surface area contributed by atoms with Gasteiger partial charge in [-0.15, -0.1) is 0 Å². The molecule has 39 heavy (non-hydrogen) atoms. The summed E-state index contributed by atoms with van der Waals surface area (Å²) < 4.78 is 11.8. The first-order valence-electron chi connectivity index (χ1n) is 13.9. The van der Waals surface area contributed by atoms with E-state index in [1.165, 1.54) is 43.2 Å². The summed E-state index contributed by atoms with van der Waals surface area (Å²) in [7, 11) is 3.62. The van der Waals surface area contributed by atoms with Gasteiger partial charge in [0.25, 0.3) is 0 Å². The molecule has 1 atom stereocenters. The largest absolute Gasteiger partial charge is 0.481 e. The van der Waals surface area contributed by atoms with Crippen LogP contribution < -0.4 is 0 Å². The van der Waals surface area contributed by atoms with Crippen molar-refractivity contribution in [3.8, 4) is 0 Å². The zero-order valence-corrected chi connectivity index (χ0v) is 24.0. The van der Waals surface area contributed by atoms with Crippen molar-refractivity contribution in [1.29, 1.82) is 0 Å². The van der Waals surface area contributed by atoms with Crippen LogP contribution in [0.5, 0.6) is 0 Å². The Morgan fingerprint density at radius 3 is 2.46 bits per heavy atom. The molecule has 0 spiro atoms. The van der Waals surface area contributed by atoms with Crippen molar-refractivity contribution in [2.75, 3.05) is 40.4 Å². The topological polar surface area (TPSA) is 91.6 Å². The molecule has 0 amide bonds. The maximum Gasteiger partial charge on any atom is 0.310 e. The first-order valence-corrected chi connectivity index (χ1v) is 13.9. The fraction of sp³-hybridized carbons (Fsp3) is 0.500. The van der Waals surface area contributed by atoms with Crippen LogP contribution >= 0.6 is 0 Å². The molecule has 0 radical (unpaired) electrons. The van der Waals surface area contributed by atoms with Crippen molar-refractivity contribution in [2.45, 2.75) is 58.5 Å². The number of carbonyl (C=O) groups is 1. The molecule has 7 heteroatoms. The minimum Gasteiger partial charge on any atom is -0.481 e. The highest BCUT2D eigenvalue weighted by Gasteiger charge is 2.18. The molecule has 0 heterocycles. The first kappa shape index (κ1) is 32.2. The van der Waals surface area contributed by atoms with Gasteiger partial charge in [-0.2, -0.15) is 0 Å². The van der Waals surface area contributed by atoms with Crippen LogP contribution in [0.3, 0.4) is 0 Å². The van der Waals surface area contributed by atoms with Crippen LogP contribution in [-0.4, -0.2) is 73.5 Å². The molecule has 2 aromatic rings. The summed E-state index contributed by atoms with van der Waals surface area (Å²) in [6.45, 7) is 5.47. The molecule has 2 aromatic carbocycles. The number of aliphatic hydroxyl groups is 1. The summed E-state index contributed by atoms with van der Waals surface area (Å²) in [6.07, 6.45) is 9.63. The van der Waals surface area contributed by atoms with Crippen LogP contribution in [0.15, 0.2) is 71.4 Å². The third kappa shape index (κ3) is 13.1. The predicted molar refractivity (Wildman–Crippen MR) is 157 cm³/mol. The standard InChI is InChI=1S/C19H27NO2.C13H19NO3/c1-15-8-7-9-17(14-15)19(20-3)22-16(2)12-13-21-18-10-5-4-6-11-18;1-14(9-12(10-15)13(16)17)8-7-11-5-3-2-4-6-11/h7-9,12,14,18H,4-6,10-11,13H2,1-3H3;2-6,12,15H,7-10H2,1H3,(H,16,17)/b16-12+,20-19?;. The molecule has 214 valence electrons. The number of rotatable bonds is 12. The Hall–Kier alpha value is -3.00. The van der Waals surface area contributed by atoms with Crippen molar-refractivity contribution >= 4 is 11.9 Å². The molecule has 3 rings (SSSR count). The number of aliphatic carboxylic acids is 1. The molecule has 1 fully saturated rings. The third-order valence-corrected chi connectivity index (χ3v) is 6.71. The Bertz CT molecular complexity index is 1030. The summed E-state index contributed by atoms with van der Waals surface area (Å²) in [5.41, 5.74) is 3.43. The van der Waals surface area contributed by atoms with E-state index in [1.54, 1.807) is 7.05 Å². The number of aryl methyl sites for hydroxylation is 1. The summed E-state index contributed by atoms with van der Waals surface area (Å²) in [6, 6.07) is 18.2. The molecule has 1 aliphatic carbocycles. The Balaban J connectivity index is 0.000000283. The van der Waals surface area contributed by atoms with Crippen LogP contribution in [0.2, 0.25) is 0 Å². The van der Waals surface area contributed by atoms with Gasteiger partial charge in [0, 0.05) is 25.7 Å². The van der Waals surface area contributed by atoms with Crippen molar-refractivity contribution in [1.82, 2.24) is 4.90 Å². The van der Waals surface area contributed by atoms with Crippen LogP contribution in [0.25, 0.3) is 0 Å². The number of benzene rings is 2. The molecule has 1 aliphatic rings. The molecular formula is C32H46N2O5. The lowest BCUT2D eigenvalue weighted by Crippen LogP contribution is -2.33. The maximum absolute atomic E-state index is 10.8.